The first-order valence-electron chi connectivity index (χ1n) is 13.3. The number of hydroxylamine groups is 2. The fraction of sp³-hybridized carbons (Fsp3) is 0.423. The maximum atomic E-state index is 13.2. The fourth-order valence-corrected chi connectivity index (χ4v) is 6.32. The summed E-state index contributed by atoms with van der Waals surface area (Å²) in [4.78, 5) is 28.6. The molecule has 0 bridgehead atoms. The van der Waals surface area contributed by atoms with Gasteiger partial charge in [0, 0.05) is 63.4 Å². The van der Waals surface area contributed by atoms with Gasteiger partial charge < -0.3 is 20.4 Å². The number of carbonyl (C=O) groups excluding carboxylic acids is 1. The third-order valence-electron chi connectivity index (χ3n) is 7.57. The van der Waals surface area contributed by atoms with Gasteiger partial charge in [-0.05, 0) is 18.9 Å². The Kier molecular flexibility index (Phi) is 7.50. The van der Waals surface area contributed by atoms with Crippen LogP contribution in [-0.2, 0) is 4.79 Å². The summed E-state index contributed by atoms with van der Waals surface area (Å²) in [5.74, 6) is 0.755. The number of fused-ring (bicyclic) bond motifs is 1. The van der Waals surface area contributed by atoms with Gasteiger partial charge in [0.1, 0.15) is 34.3 Å². The molecule has 2 saturated heterocycles. The minimum atomic E-state index is 0.00123. The van der Waals surface area contributed by atoms with E-state index < -0.39 is 0 Å². The number of quaternary nitrogens is 1. The number of piperazine rings is 1. The van der Waals surface area contributed by atoms with Crippen molar-refractivity contribution in [2.24, 2.45) is 0 Å². The molecule has 2 atom stereocenters. The van der Waals surface area contributed by atoms with E-state index >= 15 is 0 Å². The smallest absolute Gasteiger partial charge is 0.242 e. The number of hydrogen-bond acceptors (Lipinski definition) is 8. The van der Waals surface area contributed by atoms with E-state index in [1.54, 1.807) is 12.4 Å². The first-order chi connectivity index (χ1) is 19.0. The van der Waals surface area contributed by atoms with Crippen molar-refractivity contribution in [1.29, 1.82) is 0 Å². The second kappa shape index (κ2) is 11.2. The molecule has 6 rings (SSSR count). The van der Waals surface area contributed by atoms with Crippen LogP contribution in [0.2, 0.25) is 0 Å². The molecule has 13 heteroatoms. The zero-order chi connectivity index (χ0) is 26.9. The van der Waals surface area contributed by atoms with Crippen LogP contribution < -0.4 is 15.7 Å². The van der Waals surface area contributed by atoms with Gasteiger partial charge in [-0.25, -0.2) is 10.2 Å². The molecule has 6 heterocycles. The van der Waals surface area contributed by atoms with Crippen molar-refractivity contribution in [2.45, 2.75) is 19.0 Å². The Bertz CT molecular complexity index is 1370. The standard InChI is InChI=1S/C26H31Cl2N9O2/c27-19-16-36(39)17-20(28)25(19)35-11-9-34(10-12-35)23(38)15-31-26-24(32-22-14-29-5-8-37(22)26)18-3-4-21(30-13-18)33-6-1-2-7-33/h3-5,8,13-14,16,21,30-31,39H,1-2,6-7,9-12,15,17H2/p+1. The van der Waals surface area contributed by atoms with Crippen LogP contribution in [0, 0.1) is 0 Å². The molecule has 0 radical (unpaired) electrons. The van der Waals surface area contributed by atoms with E-state index in [0.29, 0.717) is 41.9 Å². The van der Waals surface area contributed by atoms with Crippen LogP contribution in [0.5, 0.6) is 0 Å². The normalized spacial score (nSPS) is 24.2. The lowest BCUT2D eigenvalue weighted by atomic mass is 10.1. The highest BCUT2D eigenvalue weighted by Gasteiger charge is 2.30. The number of likely N-dealkylation sites (tertiary alicyclic amines) is 1. The van der Waals surface area contributed by atoms with E-state index in [-0.39, 0.29) is 30.2 Å². The van der Waals surface area contributed by atoms with Crippen molar-refractivity contribution < 1.29 is 15.1 Å². The highest BCUT2D eigenvalue weighted by Crippen LogP contribution is 2.29. The lowest BCUT2D eigenvalue weighted by Gasteiger charge is -2.38. The molecule has 11 nitrogen and oxygen atoms in total. The van der Waals surface area contributed by atoms with Gasteiger partial charge in [0.15, 0.2) is 5.65 Å². The second-order valence-corrected chi connectivity index (χ2v) is 10.9. The molecule has 39 heavy (non-hydrogen) atoms. The highest BCUT2D eigenvalue weighted by molar-refractivity contribution is 6.35. The molecule has 4 N–H and O–H groups in total. The van der Waals surface area contributed by atoms with Crippen LogP contribution in [0.3, 0.4) is 0 Å². The van der Waals surface area contributed by atoms with Crippen LogP contribution >= 0.6 is 23.2 Å². The molecule has 4 aliphatic rings. The maximum absolute atomic E-state index is 13.2. The zero-order valence-corrected chi connectivity index (χ0v) is 23.0. The topological polar surface area (TPSA) is 106 Å². The van der Waals surface area contributed by atoms with Crippen molar-refractivity contribution in [2.75, 3.05) is 57.7 Å². The number of anilines is 1. The lowest BCUT2D eigenvalue weighted by molar-refractivity contribution is -1.04. The first-order valence-corrected chi connectivity index (χ1v) is 14.0. The first kappa shape index (κ1) is 26.1. The molecule has 2 aromatic heterocycles. The molecule has 0 spiro atoms. The molecular formula is C26H32Cl2N9O2+. The van der Waals surface area contributed by atoms with Gasteiger partial charge in [-0.15, -0.1) is 0 Å². The Hall–Kier alpha value is -3.09. The third kappa shape index (κ3) is 5.37. The van der Waals surface area contributed by atoms with Crippen molar-refractivity contribution in [1.82, 2.24) is 34.4 Å². The van der Waals surface area contributed by atoms with E-state index in [9.17, 15) is 10.0 Å². The summed E-state index contributed by atoms with van der Waals surface area (Å²) in [6.07, 6.45) is 15.7. The third-order valence-corrected chi connectivity index (χ3v) is 8.17. The number of aromatic nitrogens is 3. The van der Waals surface area contributed by atoms with Gasteiger partial charge in [-0.1, -0.05) is 29.3 Å². The number of nitrogens with one attached hydrogen (secondary N) is 3. The Labute approximate surface area is 236 Å². The number of hydrogen-bond donors (Lipinski definition) is 4. The number of imidazole rings is 1. The average molecular weight is 574 g/mol. The van der Waals surface area contributed by atoms with E-state index in [4.69, 9.17) is 28.2 Å². The van der Waals surface area contributed by atoms with Crippen LogP contribution in [0.4, 0.5) is 5.82 Å². The lowest BCUT2D eigenvalue weighted by Crippen LogP contribution is -3.05. The van der Waals surface area contributed by atoms with Gasteiger partial charge >= 0.3 is 0 Å². The second-order valence-electron chi connectivity index (χ2n) is 10.1. The largest absolute Gasteiger partial charge is 0.372 e. The number of carbonyl (C=O) groups is 1. The number of halogens is 2. The van der Waals surface area contributed by atoms with E-state index in [1.807, 2.05) is 21.7 Å². The van der Waals surface area contributed by atoms with Crippen molar-refractivity contribution in [3.63, 3.8) is 0 Å². The Morgan fingerprint density at radius 3 is 2.69 bits per heavy atom. The summed E-state index contributed by atoms with van der Waals surface area (Å²) >= 11 is 12.7. The minimum absolute atomic E-state index is 0.00123. The number of rotatable bonds is 6. The van der Waals surface area contributed by atoms with Gasteiger partial charge in [0.2, 0.25) is 5.91 Å². The van der Waals surface area contributed by atoms with Crippen molar-refractivity contribution in [3.05, 3.63) is 64.6 Å². The minimum Gasteiger partial charge on any atom is -0.372 e. The maximum Gasteiger partial charge on any atom is 0.242 e. The van der Waals surface area contributed by atoms with Crippen molar-refractivity contribution >= 4 is 46.1 Å². The summed E-state index contributed by atoms with van der Waals surface area (Å²) in [5, 5.41) is 17.7. The van der Waals surface area contributed by atoms with Gasteiger partial charge in [-0.2, -0.15) is 5.06 Å². The summed E-state index contributed by atoms with van der Waals surface area (Å²) in [7, 11) is 0. The van der Waals surface area contributed by atoms with E-state index in [1.165, 1.54) is 19.0 Å². The fourth-order valence-electron chi connectivity index (χ4n) is 5.56. The van der Waals surface area contributed by atoms with Gasteiger partial charge in [-0.3, -0.25) is 19.1 Å². The SMILES string of the molecule is O=C(CNc1c(C2=CNC(N3CCCC3)C=C2)nc2cnccn12)N1CCN(C2=C(Cl)C[NH+](O)C=C2Cl)CC1. The predicted molar refractivity (Wildman–Crippen MR) is 149 cm³/mol. The molecule has 2 unspecified atom stereocenters. The van der Waals surface area contributed by atoms with Crippen LogP contribution in [-0.4, -0.2) is 98.7 Å². The van der Waals surface area contributed by atoms with E-state index in [0.717, 1.165) is 35.9 Å². The van der Waals surface area contributed by atoms with Crippen molar-refractivity contribution in [3.8, 4) is 0 Å². The number of amides is 1. The molecule has 0 aliphatic carbocycles. The Morgan fingerprint density at radius 2 is 1.97 bits per heavy atom. The number of allylic oxidation sites excluding steroid dienone is 3. The average Bonchev–Trinajstić information content (AvgIpc) is 3.60. The number of dihydropyridines is 1. The zero-order valence-electron chi connectivity index (χ0n) is 21.5. The van der Waals surface area contributed by atoms with Crippen LogP contribution in [0.1, 0.15) is 18.5 Å². The highest BCUT2D eigenvalue weighted by atomic mass is 35.5. The number of nitrogens with zero attached hydrogens (tertiary/aromatic N) is 6. The molecule has 0 aromatic carbocycles. The quantitative estimate of drug-likeness (QED) is 0.407. The Balaban J connectivity index is 1.12. The predicted octanol–water partition coefficient (Wildman–Crippen LogP) is 1.03. The summed E-state index contributed by atoms with van der Waals surface area (Å²) in [5.41, 5.74) is 3.16. The molecule has 2 fully saturated rings. The van der Waals surface area contributed by atoms with E-state index in [2.05, 4.69) is 37.6 Å². The monoisotopic (exact) mass is 572 g/mol. The van der Waals surface area contributed by atoms with Crippen LogP contribution in [0.25, 0.3) is 11.2 Å². The van der Waals surface area contributed by atoms with Crippen LogP contribution in [0.15, 0.2) is 58.9 Å². The van der Waals surface area contributed by atoms with Gasteiger partial charge in [0.05, 0.1) is 24.6 Å². The molecule has 2 aromatic rings. The Morgan fingerprint density at radius 1 is 1.18 bits per heavy atom. The summed E-state index contributed by atoms with van der Waals surface area (Å²) < 4.78 is 1.92. The summed E-state index contributed by atoms with van der Waals surface area (Å²) in [6, 6.07) is 0. The molecule has 0 saturated carbocycles. The molecule has 1 amide bonds. The summed E-state index contributed by atoms with van der Waals surface area (Å²) in [6.45, 7) is 4.92. The molecular weight excluding hydrogens is 541 g/mol. The molecule has 4 aliphatic heterocycles. The molecule has 206 valence electrons. The van der Waals surface area contributed by atoms with Gasteiger partial charge in [0.25, 0.3) is 0 Å².